The van der Waals surface area contributed by atoms with Crippen molar-refractivity contribution in [3.05, 3.63) is 182 Å². The van der Waals surface area contributed by atoms with Crippen LogP contribution in [0.3, 0.4) is 0 Å². The van der Waals surface area contributed by atoms with E-state index in [1.165, 1.54) is 89.2 Å². The van der Waals surface area contributed by atoms with Crippen LogP contribution < -0.4 is 31.8 Å². The molecule has 69 heavy (non-hydrogen) atoms. The predicted octanol–water partition coefficient (Wildman–Crippen LogP) is 8.67. The maximum absolute atomic E-state index is 8.00. The molecule has 0 radical (unpaired) electrons. The Bertz CT molecular complexity index is 1790. The van der Waals surface area contributed by atoms with E-state index in [0.29, 0.717) is 0 Å². The summed E-state index contributed by atoms with van der Waals surface area (Å²) >= 11 is 0. The van der Waals surface area contributed by atoms with Crippen LogP contribution in [0.15, 0.2) is 182 Å². The van der Waals surface area contributed by atoms with Crippen molar-refractivity contribution < 1.29 is 42.8 Å². The fraction of sp³-hybridized carbons (Fsp3) is 0.362. The van der Waals surface area contributed by atoms with Crippen molar-refractivity contribution in [1.82, 2.24) is 14.7 Å². The molecule has 6 aromatic rings. The molecule has 0 atom stereocenters. The molecule has 0 spiro atoms. The quantitative estimate of drug-likeness (QED) is 0.0632. The number of carbonyl (C=O) groups excluding carboxylic acids is 1. The van der Waals surface area contributed by atoms with Gasteiger partial charge in [-0.25, -0.2) is 0 Å². The first-order valence-corrected chi connectivity index (χ1v) is 29.2. The molecule has 9 rings (SSSR count). The molecule has 6 aromatic carbocycles. The van der Waals surface area contributed by atoms with Crippen molar-refractivity contribution in [2.75, 3.05) is 117 Å². The monoisotopic (exact) mass is 1080 g/mol. The molecule has 0 aromatic heterocycles. The summed E-state index contributed by atoms with van der Waals surface area (Å²) in [5.74, 6) is 0. The van der Waals surface area contributed by atoms with E-state index in [0.717, 1.165) is 78.9 Å². The van der Waals surface area contributed by atoms with Gasteiger partial charge < -0.3 is 23.3 Å². The maximum Gasteiger partial charge on any atom is 3.00 e. The Hall–Kier alpha value is -3.34. The van der Waals surface area contributed by atoms with Crippen molar-refractivity contribution in [2.45, 2.75) is 19.3 Å². The normalized spacial score (nSPS) is 15.4. The third kappa shape index (κ3) is 20.7. The summed E-state index contributed by atoms with van der Waals surface area (Å²) in [5.41, 5.74) is 0. The van der Waals surface area contributed by atoms with Gasteiger partial charge in [0.25, 0.3) is 0 Å². The van der Waals surface area contributed by atoms with Crippen molar-refractivity contribution in [1.29, 1.82) is 0 Å². The van der Waals surface area contributed by atoms with Crippen molar-refractivity contribution in [3.8, 4) is 0 Å². The average molecular weight is 1080 g/mol. The van der Waals surface area contributed by atoms with Crippen molar-refractivity contribution >= 4 is 62.4 Å². The third-order valence-electron chi connectivity index (χ3n) is 12.3. The minimum Gasteiger partial charge on any atom is -1.00 e. The van der Waals surface area contributed by atoms with Gasteiger partial charge in [0.05, 0.1) is 39.6 Å². The van der Waals surface area contributed by atoms with E-state index in [9.17, 15) is 0 Å². The molecule has 0 bridgehead atoms. The second-order valence-electron chi connectivity index (χ2n) is 16.9. The van der Waals surface area contributed by atoms with Crippen LogP contribution in [0.25, 0.3) is 0 Å². The second kappa shape index (κ2) is 34.9. The first kappa shape index (κ1) is 56.6. The molecule has 7 nitrogen and oxygen atoms in total. The van der Waals surface area contributed by atoms with Crippen LogP contribution in [0.2, 0.25) is 0 Å². The molecule has 0 N–H and O–H groups in total. The van der Waals surface area contributed by atoms with Crippen LogP contribution in [0.4, 0.5) is 0 Å². The molecular weight excluding hydrogens is 998 g/mol. The van der Waals surface area contributed by atoms with Crippen LogP contribution in [-0.4, -0.2) is 139 Å². The Morgan fingerprint density at radius 2 is 0.507 bits per heavy atom. The van der Waals surface area contributed by atoms with Gasteiger partial charge in [0, 0.05) is 39.3 Å². The van der Waals surface area contributed by atoms with E-state index < -0.39 is 0 Å². The Kier molecular flexibility index (Phi) is 28.6. The molecule has 3 fully saturated rings. The average Bonchev–Trinajstić information content (AvgIpc) is 3.43. The largest absolute Gasteiger partial charge is 3.00 e. The Morgan fingerprint density at radius 1 is 0.333 bits per heavy atom. The van der Waals surface area contributed by atoms with E-state index in [2.05, 4.69) is 197 Å². The van der Waals surface area contributed by atoms with Gasteiger partial charge in [-0.05, 0) is 113 Å². The minimum atomic E-state index is -0.236. The van der Waals surface area contributed by atoms with E-state index >= 15 is 0 Å². The Balaban J connectivity index is 0.000000354. The number of hydrogen-bond donors (Lipinski definition) is 0. The number of ether oxygens (including phenoxy) is 3. The van der Waals surface area contributed by atoms with Crippen LogP contribution >= 0.6 is 23.8 Å². The number of morpholine rings is 3. The van der Waals surface area contributed by atoms with E-state index in [-0.39, 0.29) is 47.5 Å². The molecule has 11 heteroatoms. The zero-order valence-corrected chi connectivity index (χ0v) is 44.8. The van der Waals surface area contributed by atoms with E-state index in [4.69, 9.17) is 19.0 Å². The molecule has 3 aliphatic heterocycles. The minimum absolute atomic E-state index is 0. The second-order valence-corrected chi connectivity index (χ2v) is 23.9. The molecule has 0 unspecified atom stereocenters. The Morgan fingerprint density at radius 3 is 0.681 bits per heavy atom. The fourth-order valence-electron chi connectivity index (χ4n) is 8.70. The van der Waals surface area contributed by atoms with Gasteiger partial charge in [0.15, 0.2) is 0 Å². The van der Waals surface area contributed by atoms with Crippen molar-refractivity contribution in [2.24, 2.45) is 0 Å². The topological polar surface area (TPSA) is 54.5 Å². The van der Waals surface area contributed by atoms with Crippen LogP contribution in [0, 0.1) is 0 Å². The van der Waals surface area contributed by atoms with Crippen LogP contribution in [0.1, 0.15) is 23.5 Å². The van der Waals surface area contributed by atoms with Crippen LogP contribution in [-0.2, 0) is 38.5 Å². The summed E-state index contributed by atoms with van der Waals surface area (Å²) in [6.45, 7) is 17.5. The summed E-state index contributed by atoms with van der Waals surface area (Å²) in [7, 11) is -0.707. The van der Waals surface area contributed by atoms with Gasteiger partial charge in [-0.3, -0.25) is 14.7 Å². The van der Waals surface area contributed by atoms with Gasteiger partial charge >= 0.3 is 19.5 Å². The number of hydrogen-bond acceptors (Lipinski definition) is 7. The summed E-state index contributed by atoms with van der Waals surface area (Å²) in [4.78, 5) is 15.6. The Labute approximate surface area is 435 Å². The molecular formula is C58H77N3O4P3Rh. The molecule has 372 valence electrons. The summed E-state index contributed by atoms with van der Waals surface area (Å²) < 4.78 is 16.3. The van der Waals surface area contributed by atoms with E-state index in [1.807, 2.05) is 6.79 Å². The first-order valence-electron chi connectivity index (χ1n) is 24.6. The summed E-state index contributed by atoms with van der Waals surface area (Å²) in [6.07, 6.45) is 7.57. The number of nitrogens with zero attached hydrogens (tertiary/aromatic N) is 3. The maximum atomic E-state index is 8.00. The predicted molar refractivity (Wildman–Crippen MR) is 298 cm³/mol. The van der Waals surface area contributed by atoms with Gasteiger partial charge in [-0.1, -0.05) is 182 Å². The molecule has 0 saturated carbocycles. The third-order valence-corrected chi connectivity index (χ3v) is 20.1. The van der Waals surface area contributed by atoms with Gasteiger partial charge in [0.2, 0.25) is 0 Å². The molecule has 3 aliphatic rings. The van der Waals surface area contributed by atoms with Gasteiger partial charge in [-0.15, -0.1) is 0 Å². The fourth-order valence-corrected chi connectivity index (χ4v) is 15.7. The standard InChI is InChI=1S/3C19H24NOP.CH2O.Rh.3H/c3*1-3-8-18(9-4-1)22(19-10-5-2-6-11-19)17-7-12-20-13-15-21-16-14-20;1-2;;;;/h3*1-6,8-11H,7,12-17H2;1H2;;;;/q;;;;+3;3*-1. The SMILES string of the molecule is C=O.[H-].[H-].[H-].[Rh+3].c1ccc(P(CCCN2CCOCC2)c2ccccc2)cc1.c1ccc(P(CCCN2CCOCC2)c2ccccc2)cc1.c1ccc(P(CCCN2CCOCC2)c2ccccc2)cc1. The van der Waals surface area contributed by atoms with Crippen molar-refractivity contribution in [3.63, 3.8) is 0 Å². The zero-order valence-electron chi connectivity index (χ0n) is 43.5. The van der Waals surface area contributed by atoms with E-state index in [1.54, 1.807) is 0 Å². The summed E-state index contributed by atoms with van der Waals surface area (Å²) in [5, 5.41) is 8.95. The number of rotatable bonds is 18. The van der Waals surface area contributed by atoms with Crippen LogP contribution in [0.5, 0.6) is 0 Å². The first-order chi connectivity index (χ1) is 33.8. The smallest absolute Gasteiger partial charge is 1.00 e. The van der Waals surface area contributed by atoms with Gasteiger partial charge in [0.1, 0.15) is 6.79 Å². The molecule has 3 saturated heterocycles. The molecule has 3 heterocycles. The molecule has 0 amide bonds. The number of benzene rings is 6. The molecule has 0 aliphatic carbocycles. The summed E-state index contributed by atoms with van der Waals surface area (Å²) in [6, 6.07) is 66.0. The number of carbonyl (C=O) groups is 1. The van der Waals surface area contributed by atoms with Gasteiger partial charge in [-0.2, -0.15) is 0 Å². The zero-order chi connectivity index (χ0) is 47.1.